The average molecular weight is 316 g/mol. The van der Waals surface area contributed by atoms with Gasteiger partial charge in [-0.2, -0.15) is 13.2 Å². The minimum atomic E-state index is -4.75. The van der Waals surface area contributed by atoms with E-state index in [1.54, 1.807) is 0 Å². The Bertz CT molecular complexity index is 663. The van der Waals surface area contributed by atoms with Gasteiger partial charge in [-0.1, -0.05) is 18.0 Å². The van der Waals surface area contributed by atoms with E-state index in [2.05, 4.69) is 0 Å². The lowest BCUT2D eigenvalue weighted by atomic mass is 9.85. The van der Waals surface area contributed by atoms with Crippen LogP contribution in [0.5, 0.6) is 0 Å². The van der Waals surface area contributed by atoms with Gasteiger partial charge in [-0.3, -0.25) is 0 Å². The molecule has 3 nitrogen and oxygen atoms in total. The number of benzene rings is 1. The summed E-state index contributed by atoms with van der Waals surface area (Å²) in [5.74, 6) is -0.807. The number of carbonyl (C=O) groups is 1. The van der Waals surface area contributed by atoms with Gasteiger partial charge in [0.05, 0.1) is 5.69 Å². The highest BCUT2D eigenvalue weighted by atomic mass is 35.5. The molecule has 1 amide bonds. The molecule has 1 aliphatic heterocycles. The van der Waals surface area contributed by atoms with Gasteiger partial charge in [-0.05, 0) is 31.0 Å². The number of alkyl halides is 3. The summed E-state index contributed by atoms with van der Waals surface area (Å²) in [7, 11) is 0. The molecule has 1 saturated carbocycles. The van der Waals surface area contributed by atoms with E-state index in [1.165, 1.54) is 18.2 Å². The number of hydrogen-bond acceptors (Lipinski definition) is 2. The third-order valence-corrected chi connectivity index (χ3v) is 3.97. The smallest absolute Gasteiger partial charge is 0.427 e. The number of hydrogen-bond donors (Lipinski definition) is 0. The summed E-state index contributed by atoms with van der Waals surface area (Å²) in [6.45, 7) is 0. The molecule has 1 heterocycles. The first-order valence-corrected chi connectivity index (χ1v) is 6.55. The summed E-state index contributed by atoms with van der Waals surface area (Å²) in [5, 5.41) is 0.123. The predicted molar refractivity (Wildman–Crippen MR) is 69.7 cm³/mol. The molecule has 2 aliphatic rings. The molecule has 7 heteroatoms. The van der Waals surface area contributed by atoms with Gasteiger partial charge >= 0.3 is 12.3 Å². The van der Waals surface area contributed by atoms with Crippen LogP contribution in [0.4, 0.5) is 23.7 Å². The number of fused-ring (bicyclic) bond motifs is 1. The summed E-state index contributed by atoms with van der Waals surface area (Å²) in [5.41, 5.74) is -2.89. The maximum absolute atomic E-state index is 13.7. The first kappa shape index (κ1) is 14.1. The highest BCUT2D eigenvalue weighted by molar-refractivity contribution is 6.30. The molecule has 0 bridgehead atoms. The van der Waals surface area contributed by atoms with Crippen LogP contribution in [0.3, 0.4) is 0 Å². The quantitative estimate of drug-likeness (QED) is 0.732. The molecule has 1 aromatic rings. The Labute approximate surface area is 123 Å². The van der Waals surface area contributed by atoms with Gasteiger partial charge in [0.15, 0.2) is 0 Å². The summed E-state index contributed by atoms with van der Waals surface area (Å²) in [6.07, 6.45) is -0.0906. The summed E-state index contributed by atoms with van der Waals surface area (Å²) >= 11 is 5.83. The molecule has 0 saturated heterocycles. The molecule has 0 unspecified atom stereocenters. The fourth-order valence-electron chi connectivity index (χ4n) is 2.69. The number of rotatable bonds is 1. The van der Waals surface area contributed by atoms with Crippen LogP contribution in [0.2, 0.25) is 5.02 Å². The van der Waals surface area contributed by atoms with Crippen molar-refractivity contribution in [1.29, 1.82) is 0 Å². The number of terminal acetylenes is 1. The first-order valence-electron chi connectivity index (χ1n) is 6.17. The van der Waals surface area contributed by atoms with E-state index in [-0.39, 0.29) is 16.3 Å². The van der Waals surface area contributed by atoms with Gasteiger partial charge in [-0.15, -0.1) is 0 Å². The van der Waals surface area contributed by atoms with E-state index in [4.69, 9.17) is 22.8 Å². The SMILES string of the molecule is C#CN1C(=O)O[C@](C2CC2)(C(F)(F)F)c2cc(Cl)ccc21. The lowest BCUT2D eigenvalue weighted by molar-refractivity contribution is -0.274. The third-order valence-electron chi connectivity index (χ3n) is 3.73. The van der Waals surface area contributed by atoms with Crippen molar-refractivity contribution in [1.82, 2.24) is 0 Å². The second-order valence-corrected chi connectivity index (χ2v) is 5.44. The lowest BCUT2D eigenvalue weighted by Crippen LogP contribution is -2.54. The standard InChI is InChI=1S/C14H9ClF3NO2/c1-2-19-11-6-5-9(15)7-10(11)13(8-3-4-8,14(16,17)18)21-12(19)20/h1,5-8H,3-4H2/t13-/m0/s1. The number of nitrogens with zero attached hydrogens (tertiary/aromatic N) is 1. The zero-order valence-corrected chi connectivity index (χ0v) is 11.3. The van der Waals surface area contributed by atoms with E-state index in [1.807, 2.05) is 6.04 Å². The summed E-state index contributed by atoms with van der Waals surface area (Å²) in [6, 6.07) is 5.89. The molecular formula is C14H9ClF3NO2. The highest BCUT2D eigenvalue weighted by Crippen LogP contribution is 2.60. The van der Waals surface area contributed by atoms with Crippen LogP contribution in [-0.2, 0) is 10.3 Å². The maximum Gasteiger partial charge on any atom is 0.433 e. The van der Waals surface area contributed by atoms with Crippen LogP contribution in [0.15, 0.2) is 18.2 Å². The van der Waals surface area contributed by atoms with Crippen LogP contribution in [0.25, 0.3) is 0 Å². The third kappa shape index (κ3) is 1.88. The fourth-order valence-corrected chi connectivity index (χ4v) is 2.87. The molecule has 21 heavy (non-hydrogen) atoms. The molecule has 1 fully saturated rings. The minimum absolute atomic E-state index is 0.0117. The molecular weight excluding hydrogens is 307 g/mol. The topological polar surface area (TPSA) is 29.5 Å². The molecule has 1 aromatic carbocycles. The van der Waals surface area contributed by atoms with Gasteiger partial charge in [-0.25, -0.2) is 9.69 Å². The van der Waals surface area contributed by atoms with Gasteiger partial charge < -0.3 is 4.74 Å². The Hall–Kier alpha value is -1.87. The van der Waals surface area contributed by atoms with Crippen molar-refractivity contribution in [2.24, 2.45) is 5.92 Å². The molecule has 0 radical (unpaired) electrons. The second kappa shape index (κ2) is 4.31. The molecule has 1 atom stereocenters. The number of amides is 1. The average Bonchev–Trinajstić information content (AvgIpc) is 3.21. The first-order chi connectivity index (χ1) is 9.81. The largest absolute Gasteiger partial charge is 0.433 e. The van der Waals surface area contributed by atoms with Crippen LogP contribution < -0.4 is 4.90 Å². The molecule has 3 rings (SSSR count). The van der Waals surface area contributed by atoms with Crippen LogP contribution in [0.1, 0.15) is 18.4 Å². The predicted octanol–water partition coefficient (Wildman–Crippen LogP) is 4.05. The lowest BCUT2D eigenvalue weighted by Gasteiger charge is -2.42. The fraction of sp³-hybridized carbons (Fsp3) is 0.357. The van der Waals surface area contributed by atoms with Crippen molar-refractivity contribution in [3.8, 4) is 12.5 Å². The zero-order valence-electron chi connectivity index (χ0n) is 10.6. The monoisotopic (exact) mass is 315 g/mol. The van der Waals surface area contributed by atoms with Crippen molar-refractivity contribution in [3.63, 3.8) is 0 Å². The Morgan fingerprint density at radius 3 is 2.62 bits per heavy atom. The Balaban J connectivity index is 2.31. The summed E-state index contributed by atoms with van der Waals surface area (Å²) in [4.78, 5) is 12.6. The van der Waals surface area contributed by atoms with E-state index in [0.717, 1.165) is 4.90 Å². The molecule has 110 valence electrons. The van der Waals surface area contributed by atoms with Crippen molar-refractivity contribution < 1.29 is 22.7 Å². The molecule has 0 N–H and O–H groups in total. The van der Waals surface area contributed by atoms with Gasteiger partial charge in [0, 0.05) is 22.5 Å². The van der Waals surface area contributed by atoms with Crippen molar-refractivity contribution >= 4 is 23.4 Å². The zero-order chi connectivity index (χ0) is 15.4. The van der Waals surface area contributed by atoms with E-state index in [0.29, 0.717) is 12.8 Å². The minimum Gasteiger partial charge on any atom is -0.427 e. The Morgan fingerprint density at radius 1 is 1.43 bits per heavy atom. The Kier molecular flexibility index (Phi) is 2.89. The number of halogens is 4. The number of carbonyl (C=O) groups excluding carboxylic acids is 1. The van der Waals surface area contributed by atoms with Crippen molar-refractivity contribution in [2.45, 2.75) is 24.6 Å². The van der Waals surface area contributed by atoms with Gasteiger partial charge in [0.1, 0.15) is 0 Å². The number of cyclic esters (lactones) is 1. The second-order valence-electron chi connectivity index (χ2n) is 5.00. The van der Waals surface area contributed by atoms with Crippen molar-refractivity contribution in [3.05, 3.63) is 28.8 Å². The summed E-state index contributed by atoms with van der Waals surface area (Å²) < 4.78 is 45.9. The molecule has 1 aliphatic carbocycles. The van der Waals surface area contributed by atoms with Crippen LogP contribution in [0, 0.1) is 18.4 Å². The highest BCUT2D eigenvalue weighted by Gasteiger charge is 2.69. The van der Waals surface area contributed by atoms with E-state index >= 15 is 0 Å². The normalized spacial score (nSPS) is 25.1. The number of anilines is 1. The maximum atomic E-state index is 13.7. The van der Waals surface area contributed by atoms with Crippen LogP contribution in [-0.4, -0.2) is 12.3 Å². The van der Waals surface area contributed by atoms with Gasteiger partial charge in [0.25, 0.3) is 0 Å². The van der Waals surface area contributed by atoms with Crippen molar-refractivity contribution in [2.75, 3.05) is 4.90 Å². The van der Waals surface area contributed by atoms with Crippen LogP contribution >= 0.6 is 11.6 Å². The Morgan fingerprint density at radius 2 is 2.10 bits per heavy atom. The number of ether oxygens (including phenoxy) is 1. The molecule has 0 spiro atoms. The van der Waals surface area contributed by atoms with E-state index < -0.39 is 23.8 Å². The van der Waals surface area contributed by atoms with E-state index in [9.17, 15) is 18.0 Å². The molecule has 0 aromatic heterocycles. The van der Waals surface area contributed by atoms with Gasteiger partial charge in [0.2, 0.25) is 5.60 Å².